The van der Waals surface area contributed by atoms with E-state index in [0.717, 1.165) is 17.9 Å². The Hall–Kier alpha value is -1.64. The van der Waals surface area contributed by atoms with Gasteiger partial charge in [0, 0.05) is 18.9 Å². The van der Waals surface area contributed by atoms with Crippen molar-refractivity contribution < 1.29 is 0 Å². The summed E-state index contributed by atoms with van der Waals surface area (Å²) in [4.78, 5) is 4.37. The second-order valence-corrected chi connectivity index (χ2v) is 3.25. The Morgan fingerprint density at radius 3 is 2.79 bits per heavy atom. The molecule has 0 aromatic carbocycles. The maximum Gasteiger partial charge on any atom is 0.0883 e. The highest BCUT2D eigenvalue weighted by Crippen LogP contribution is 2.15. The van der Waals surface area contributed by atoms with Crippen molar-refractivity contribution in [1.82, 2.24) is 14.8 Å². The molecular formula is C11H13N3. The third kappa shape index (κ3) is 1.53. The summed E-state index contributed by atoms with van der Waals surface area (Å²) in [5.74, 6) is 0. The van der Waals surface area contributed by atoms with Crippen molar-refractivity contribution in [3.63, 3.8) is 0 Å². The van der Waals surface area contributed by atoms with Gasteiger partial charge in [-0.15, -0.1) is 0 Å². The Bertz CT molecular complexity index is 414. The monoisotopic (exact) mass is 187 g/mol. The summed E-state index contributed by atoms with van der Waals surface area (Å²) < 4.78 is 1.94. The minimum atomic E-state index is 0.873. The molecule has 0 aliphatic heterocycles. The van der Waals surface area contributed by atoms with Gasteiger partial charge in [-0.05, 0) is 31.5 Å². The molecule has 2 heterocycles. The maximum atomic E-state index is 4.37. The van der Waals surface area contributed by atoms with E-state index < -0.39 is 0 Å². The minimum absolute atomic E-state index is 0.873. The van der Waals surface area contributed by atoms with Crippen LogP contribution in [0.2, 0.25) is 0 Å². The first-order valence-corrected chi connectivity index (χ1v) is 4.76. The lowest BCUT2D eigenvalue weighted by Gasteiger charge is -2.03. The summed E-state index contributed by atoms with van der Waals surface area (Å²) in [7, 11) is 0. The van der Waals surface area contributed by atoms with Gasteiger partial charge in [-0.25, -0.2) is 0 Å². The number of hydrogen-bond donors (Lipinski definition) is 0. The number of aromatic nitrogens is 3. The van der Waals surface area contributed by atoms with Crippen molar-refractivity contribution in [2.24, 2.45) is 0 Å². The molecule has 0 unspecified atom stereocenters. The lowest BCUT2D eigenvalue weighted by Crippen LogP contribution is -1.99. The van der Waals surface area contributed by atoms with E-state index in [2.05, 4.69) is 23.1 Å². The Balaban J connectivity index is 2.44. The summed E-state index contributed by atoms with van der Waals surface area (Å²) in [6.07, 6.45) is 3.68. The zero-order valence-electron chi connectivity index (χ0n) is 8.44. The molecule has 0 saturated heterocycles. The van der Waals surface area contributed by atoms with E-state index in [-0.39, 0.29) is 0 Å². The van der Waals surface area contributed by atoms with Gasteiger partial charge in [0.25, 0.3) is 0 Å². The summed E-state index contributed by atoms with van der Waals surface area (Å²) in [5.41, 5.74) is 3.23. The number of pyridine rings is 1. The fraction of sp³-hybridized carbons (Fsp3) is 0.273. The van der Waals surface area contributed by atoms with E-state index in [1.807, 2.05) is 29.9 Å². The van der Waals surface area contributed by atoms with Gasteiger partial charge in [0.15, 0.2) is 0 Å². The van der Waals surface area contributed by atoms with Crippen molar-refractivity contribution in [3.8, 4) is 11.4 Å². The maximum absolute atomic E-state index is 4.37. The topological polar surface area (TPSA) is 30.7 Å². The predicted molar refractivity (Wildman–Crippen MR) is 55.9 cm³/mol. The average Bonchev–Trinajstić information content (AvgIpc) is 2.67. The second-order valence-electron chi connectivity index (χ2n) is 3.25. The van der Waals surface area contributed by atoms with Crippen LogP contribution in [0.15, 0.2) is 30.6 Å². The minimum Gasteiger partial charge on any atom is -0.264 e. The first-order valence-electron chi connectivity index (χ1n) is 4.76. The third-order valence-electron chi connectivity index (χ3n) is 2.19. The highest BCUT2D eigenvalue weighted by molar-refractivity contribution is 5.53. The Kier molecular flexibility index (Phi) is 2.31. The van der Waals surface area contributed by atoms with E-state index in [1.54, 1.807) is 6.20 Å². The number of nitrogens with zero attached hydrogens (tertiary/aromatic N) is 3. The van der Waals surface area contributed by atoms with Crippen LogP contribution in [0.25, 0.3) is 11.4 Å². The zero-order valence-corrected chi connectivity index (χ0v) is 8.44. The van der Waals surface area contributed by atoms with Gasteiger partial charge in [-0.2, -0.15) is 5.10 Å². The quantitative estimate of drug-likeness (QED) is 0.722. The van der Waals surface area contributed by atoms with E-state index in [1.165, 1.54) is 5.56 Å². The van der Waals surface area contributed by atoms with E-state index in [4.69, 9.17) is 0 Å². The zero-order chi connectivity index (χ0) is 9.97. The molecule has 14 heavy (non-hydrogen) atoms. The Labute approximate surface area is 83.4 Å². The molecule has 0 saturated carbocycles. The summed E-state index contributed by atoms with van der Waals surface area (Å²) in [6.45, 7) is 4.98. The molecule has 0 bridgehead atoms. The lowest BCUT2D eigenvalue weighted by molar-refractivity contribution is 0.665. The summed E-state index contributed by atoms with van der Waals surface area (Å²) in [5, 5.41) is 4.21. The average molecular weight is 187 g/mol. The van der Waals surface area contributed by atoms with Gasteiger partial charge in [-0.3, -0.25) is 9.67 Å². The molecule has 0 aliphatic carbocycles. The van der Waals surface area contributed by atoms with Gasteiger partial charge in [0.05, 0.1) is 11.4 Å². The highest BCUT2D eigenvalue weighted by Gasteiger charge is 2.03. The molecule has 0 aliphatic rings. The molecule has 2 aromatic rings. The fourth-order valence-electron chi connectivity index (χ4n) is 1.42. The molecule has 0 atom stereocenters. The first-order chi connectivity index (χ1) is 6.81. The van der Waals surface area contributed by atoms with Crippen LogP contribution in [-0.2, 0) is 6.54 Å². The second kappa shape index (κ2) is 3.62. The molecule has 3 nitrogen and oxygen atoms in total. The van der Waals surface area contributed by atoms with Crippen LogP contribution in [0.5, 0.6) is 0 Å². The van der Waals surface area contributed by atoms with Gasteiger partial charge >= 0.3 is 0 Å². The standard InChI is InChI=1S/C11H13N3/c1-3-14-11(6-7-13-14)10-5-4-9(2)8-12-10/h4-8H,3H2,1-2H3. The summed E-state index contributed by atoms with van der Waals surface area (Å²) in [6, 6.07) is 6.08. The molecule has 2 aromatic heterocycles. The van der Waals surface area contributed by atoms with Crippen LogP contribution in [-0.4, -0.2) is 14.8 Å². The largest absolute Gasteiger partial charge is 0.264 e. The summed E-state index contributed by atoms with van der Waals surface area (Å²) >= 11 is 0. The van der Waals surface area contributed by atoms with Crippen LogP contribution >= 0.6 is 0 Å². The van der Waals surface area contributed by atoms with Crippen molar-refractivity contribution in [2.45, 2.75) is 20.4 Å². The van der Waals surface area contributed by atoms with Gasteiger partial charge in [-0.1, -0.05) is 6.07 Å². The number of aryl methyl sites for hydroxylation is 2. The molecule has 3 heteroatoms. The molecule has 0 spiro atoms. The Morgan fingerprint density at radius 1 is 1.29 bits per heavy atom. The van der Waals surface area contributed by atoms with E-state index in [0.29, 0.717) is 0 Å². The van der Waals surface area contributed by atoms with Crippen LogP contribution in [0.4, 0.5) is 0 Å². The number of hydrogen-bond acceptors (Lipinski definition) is 2. The van der Waals surface area contributed by atoms with Crippen molar-refractivity contribution in [2.75, 3.05) is 0 Å². The van der Waals surface area contributed by atoms with Crippen molar-refractivity contribution in [1.29, 1.82) is 0 Å². The smallest absolute Gasteiger partial charge is 0.0883 e. The van der Waals surface area contributed by atoms with Gasteiger partial charge < -0.3 is 0 Å². The predicted octanol–water partition coefficient (Wildman–Crippen LogP) is 2.27. The van der Waals surface area contributed by atoms with Crippen LogP contribution in [0.3, 0.4) is 0 Å². The number of rotatable bonds is 2. The molecule has 0 amide bonds. The third-order valence-corrected chi connectivity index (χ3v) is 2.19. The SMILES string of the molecule is CCn1nccc1-c1ccc(C)cn1. The van der Waals surface area contributed by atoms with Gasteiger partial charge in [0.1, 0.15) is 0 Å². The normalized spacial score (nSPS) is 10.4. The van der Waals surface area contributed by atoms with E-state index in [9.17, 15) is 0 Å². The van der Waals surface area contributed by atoms with Gasteiger partial charge in [0.2, 0.25) is 0 Å². The Morgan fingerprint density at radius 2 is 2.14 bits per heavy atom. The van der Waals surface area contributed by atoms with Crippen LogP contribution in [0.1, 0.15) is 12.5 Å². The molecular weight excluding hydrogens is 174 g/mol. The lowest BCUT2D eigenvalue weighted by atomic mass is 10.2. The molecule has 0 N–H and O–H groups in total. The van der Waals surface area contributed by atoms with Crippen LogP contribution < -0.4 is 0 Å². The van der Waals surface area contributed by atoms with Crippen molar-refractivity contribution in [3.05, 3.63) is 36.2 Å². The van der Waals surface area contributed by atoms with Crippen LogP contribution in [0, 0.1) is 6.92 Å². The first kappa shape index (κ1) is 8.94. The molecule has 0 fully saturated rings. The molecule has 2 rings (SSSR count). The van der Waals surface area contributed by atoms with Crippen molar-refractivity contribution >= 4 is 0 Å². The molecule has 0 radical (unpaired) electrons. The fourth-order valence-corrected chi connectivity index (χ4v) is 1.42. The highest BCUT2D eigenvalue weighted by atomic mass is 15.3. The van der Waals surface area contributed by atoms with E-state index >= 15 is 0 Å². The molecule has 72 valence electrons.